The highest BCUT2D eigenvalue weighted by Gasteiger charge is 2.35. The molecule has 32 heavy (non-hydrogen) atoms. The zero-order chi connectivity index (χ0) is 23.6. The molecule has 3 rings (SSSR count). The molecular formula is C21H16Cl2F3N3O3. The molecule has 11 heteroatoms. The molecule has 3 aromatic rings. The largest absolute Gasteiger partial charge is 0.449 e. The summed E-state index contributed by atoms with van der Waals surface area (Å²) in [5.41, 5.74) is -0.833. The molecule has 0 bridgehead atoms. The lowest BCUT2D eigenvalue weighted by Gasteiger charge is -2.17. The minimum Gasteiger partial charge on any atom is -0.449 e. The van der Waals surface area contributed by atoms with Gasteiger partial charge < -0.3 is 10.1 Å². The first-order valence-electron chi connectivity index (χ1n) is 9.18. The van der Waals surface area contributed by atoms with Crippen LogP contribution in [0.5, 0.6) is 0 Å². The number of rotatable bonds is 5. The number of anilines is 1. The minimum atomic E-state index is -4.75. The van der Waals surface area contributed by atoms with E-state index in [2.05, 4.69) is 10.4 Å². The minimum absolute atomic E-state index is 0.0247. The van der Waals surface area contributed by atoms with Gasteiger partial charge in [-0.2, -0.15) is 18.3 Å². The molecule has 1 N–H and O–H groups in total. The smallest absolute Gasteiger partial charge is 0.418 e. The van der Waals surface area contributed by atoms with Crippen molar-refractivity contribution >= 4 is 40.8 Å². The van der Waals surface area contributed by atoms with Gasteiger partial charge in [0.25, 0.3) is 5.91 Å². The van der Waals surface area contributed by atoms with E-state index in [9.17, 15) is 22.8 Å². The summed E-state index contributed by atoms with van der Waals surface area (Å²) in [5, 5.41) is 6.16. The maximum atomic E-state index is 13.2. The van der Waals surface area contributed by atoms with Crippen molar-refractivity contribution in [2.45, 2.75) is 26.1 Å². The number of esters is 1. The van der Waals surface area contributed by atoms with Crippen LogP contribution in [0.2, 0.25) is 10.2 Å². The fourth-order valence-electron chi connectivity index (χ4n) is 2.84. The molecule has 0 aliphatic heterocycles. The van der Waals surface area contributed by atoms with Gasteiger partial charge in [0.2, 0.25) is 0 Å². The van der Waals surface area contributed by atoms with Crippen LogP contribution in [-0.4, -0.2) is 27.8 Å². The number of amides is 1. The van der Waals surface area contributed by atoms with Gasteiger partial charge >= 0.3 is 12.1 Å². The molecule has 6 nitrogen and oxygen atoms in total. The van der Waals surface area contributed by atoms with Crippen molar-refractivity contribution in [3.63, 3.8) is 0 Å². The number of aromatic nitrogens is 2. The van der Waals surface area contributed by atoms with Crippen LogP contribution < -0.4 is 5.32 Å². The van der Waals surface area contributed by atoms with E-state index in [1.165, 1.54) is 24.6 Å². The topological polar surface area (TPSA) is 73.2 Å². The van der Waals surface area contributed by atoms with E-state index in [1.54, 1.807) is 30.3 Å². The third kappa shape index (κ3) is 5.05. The van der Waals surface area contributed by atoms with Crippen molar-refractivity contribution in [1.82, 2.24) is 9.78 Å². The molecule has 168 valence electrons. The quantitative estimate of drug-likeness (QED) is 0.471. The van der Waals surface area contributed by atoms with Crippen LogP contribution in [0.25, 0.3) is 5.69 Å². The number of nitrogens with one attached hydrogen (secondary N) is 1. The number of ether oxygens (including phenoxy) is 1. The second-order valence-electron chi connectivity index (χ2n) is 6.72. The summed E-state index contributed by atoms with van der Waals surface area (Å²) in [5.74, 6) is -1.90. The molecule has 2 aromatic carbocycles. The lowest BCUT2D eigenvalue weighted by molar-refractivity contribution is -0.137. The molecule has 1 atom stereocenters. The van der Waals surface area contributed by atoms with Crippen molar-refractivity contribution in [3.05, 3.63) is 75.5 Å². The van der Waals surface area contributed by atoms with Gasteiger partial charge in [-0.05, 0) is 44.2 Å². The highest BCUT2D eigenvalue weighted by atomic mass is 35.5. The zero-order valence-electron chi connectivity index (χ0n) is 16.7. The number of para-hydroxylation sites is 1. The average molecular weight is 486 g/mol. The Labute approximate surface area is 190 Å². The molecular weight excluding hydrogens is 470 g/mol. The first-order valence-corrected chi connectivity index (χ1v) is 9.93. The Morgan fingerprint density at radius 2 is 1.78 bits per heavy atom. The Morgan fingerprint density at radius 1 is 1.12 bits per heavy atom. The van der Waals surface area contributed by atoms with Gasteiger partial charge in [0.1, 0.15) is 10.7 Å². The molecule has 1 aromatic heterocycles. The van der Waals surface area contributed by atoms with Crippen molar-refractivity contribution in [1.29, 1.82) is 0 Å². The lowest BCUT2D eigenvalue weighted by atomic mass is 10.1. The maximum absolute atomic E-state index is 13.2. The van der Waals surface area contributed by atoms with Crippen molar-refractivity contribution in [3.8, 4) is 5.69 Å². The highest BCUT2D eigenvalue weighted by molar-refractivity contribution is 6.33. The monoisotopic (exact) mass is 485 g/mol. The van der Waals surface area contributed by atoms with Crippen LogP contribution in [0.15, 0.2) is 48.5 Å². The van der Waals surface area contributed by atoms with E-state index < -0.39 is 35.4 Å². The Bertz CT molecular complexity index is 1160. The predicted octanol–water partition coefficient (Wildman–Crippen LogP) is 5.69. The van der Waals surface area contributed by atoms with E-state index in [0.717, 1.165) is 6.07 Å². The molecule has 0 saturated carbocycles. The van der Waals surface area contributed by atoms with Gasteiger partial charge in [0.05, 0.1) is 22.6 Å². The summed E-state index contributed by atoms with van der Waals surface area (Å²) in [6.07, 6.45) is -6.17. The SMILES string of the molecule is Cc1nn(-c2ccccc2)c(Cl)c1C(=O)OC(C)C(=O)Nc1ccc(Cl)cc1C(F)(F)F. The Hall–Kier alpha value is -3.04. The average Bonchev–Trinajstić information content (AvgIpc) is 3.03. The van der Waals surface area contributed by atoms with Crippen molar-refractivity contribution in [2.24, 2.45) is 0 Å². The highest BCUT2D eigenvalue weighted by Crippen LogP contribution is 2.36. The standard InChI is InChI=1S/C21H16Cl2F3N3O3/c1-11-17(18(23)29(28-11)14-6-4-3-5-7-14)20(31)32-12(2)19(30)27-16-9-8-13(22)10-15(16)21(24,25)26/h3-10,12H,1-2H3,(H,27,30). The van der Waals surface area contributed by atoms with E-state index in [0.29, 0.717) is 11.8 Å². The number of nitrogens with zero attached hydrogens (tertiary/aromatic N) is 2. The van der Waals surface area contributed by atoms with Crippen molar-refractivity contribution in [2.75, 3.05) is 5.32 Å². The summed E-state index contributed by atoms with van der Waals surface area (Å²) in [6, 6.07) is 11.7. The number of benzene rings is 2. The fraction of sp³-hybridized carbons (Fsp3) is 0.190. The van der Waals surface area contributed by atoms with Gasteiger partial charge in [-0.1, -0.05) is 41.4 Å². The van der Waals surface area contributed by atoms with Crippen LogP contribution in [0.4, 0.5) is 18.9 Å². The number of alkyl halides is 3. The number of halogens is 5. The second-order valence-corrected chi connectivity index (χ2v) is 7.52. The van der Waals surface area contributed by atoms with Gasteiger partial charge in [-0.25, -0.2) is 9.48 Å². The van der Waals surface area contributed by atoms with Crippen LogP contribution in [0.3, 0.4) is 0 Å². The summed E-state index contributed by atoms with van der Waals surface area (Å²) in [7, 11) is 0. The van der Waals surface area contributed by atoms with E-state index >= 15 is 0 Å². The Morgan fingerprint density at radius 3 is 2.41 bits per heavy atom. The maximum Gasteiger partial charge on any atom is 0.418 e. The third-order valence-electron chi connectivity index (χ3n) is 4.41. The number of hydrogen-bond acceptors (Lipinski definition) is 4. The lowest BCUT2D eigenvalue weighted by Crippen LogP contribution is -2.31. The normalized spacial score (nSPS) is 12.3. The van der Waals surface area contributed by atoms with E-state index in [1.807, 2.05) is 0 Å². The number of hydrogen-bond donors (Lipinski definition) is 1. The summed E-state index contributed by atoms with van der Waals surface area (Å²) < 4.78 is 46.1. The predicted molar refractivity (Wildman–Crippen MR) is 113 cm³/mol. The van der Waals surface area contributed by atoms with Crippen LogP contribution in [0.1, 0.15) is 28.5 Å². The molecule has 1 heterocycles. The van der Waals surface area contributed by atoms with E-state index in [4.69, 9.17) is 27.9 Å². The third-order valence-corrected chi connectivity index (χ3v) is 4.99. The van der Waals surface area contributed by atoms with Crippen LogP contribution in [0, 0.1) is 6.92 Å². The summed E-state index contributed by atoms with van der Waals surface area (Å²) in [6.45, 7) is 2.76. The fourth-order valence-corrected chi connectivity index (χ4v) is 3.36. The first-order chi connectivity index (χ1) is 15.0. The van der Waals surface area contributed by atoms with Crippen LogP contribution >= 0.6 is 23.2 Å². The first kappa shape index (κ1) is 23.6. The number of carbonyl (C=O) groups excluding carboxylic acids is 2. The van der Waals surface area contributed by atoms with Gasteiger partial charge in [-0.15, -0.1) is 0 Å². The molecule has 0 aliphatic carbocycles. The molecule has 0 fully saturated rings. The van der Waals surface area contributed by atoms with Gasteiger partial charge in [0, 0.05) is 5.02 Å². The Balaban J connectivity index is 1.77. The molecule has 0 saturated heterocycles. The number of carbonyl (C=O) groups is 2. The second kappa shape index (κ2) is 9.22. The van der Waals surface area contributed by atoms with Gasteiger partial charge in [-0.3, -0.25) is 4.79 Å². The molecule has 0 aliphatic rings. The number of aryl methyl sites for hydroxylation is 1. The molecule has 1 unspecified atom stereocenters. The molecule has 0 spiro atoms. The molecule has 0 radical (unpaired) electrons. The molecule has 1 amide bonds. The summed E-state index contributed by atoms with van der Waals surface area (Å²) >= 11 is 11.9. The zero-order valence-corrected chi connectivity index (χ0v) is 18.2. The van der Waals surface area contributed by atoms with Crippen molar-refractivity contribution < 1.29 is 27.5 Å². The Kier molecular flexibility index (Phi) is 6.80. The summed E-state index contributed by atoms with van der Waals surface area (Å²) in [4.78, 5) is 25.0. The van der Waals surface area contributed by atoms with Crippen LogP contribution in [-0.2, 0) is 15.7 Å². The van der Waals surface area contributed by atoms with Gasteiger partial charge in [0.15, 0.2) is 6.10 Å². The van der Waals surface area contributed by atoms with E-state index in [-0.39, 0.29) is 21.4 Å².